The average molecular weight is 727 g/mol. The molecule has 0 radical (unpaired) electrons. The fourth-order valence-corrected chi connectivity index (χ4v) is 7.94. The van der Waals surface area contributed by atoms with Crippen LogP contribution >= 0.6 is 0 Å². The first-order valence-corrected chi connectivity index (χ1v) is 17.1. The first-order valence-electron chi connectivity index (χ1n) is 17.1. The minimum atomic E-state index is -4.97. The molecule has 276 valence electrons. The summed E-state index contributed by atoms with van der Waals surface area (Å²) in [5, 5.41) is 4.26. The summed E-state index contributed by atoms with van der Waals surface area (Å²) in [6, 6.07) is 0.863. The Morgan fingerprint density at radius 3 is 2.69 bits per heavy atom. The Bertz CT molecular complexity index is 2020. The molecule has 6 heterocycles. The Kier molecular flexibility index (Phi) is 9.15. The Balaban J connectivity index is 1.30. The summed E-state index contributed by atoms with van der Waals surface area (Å²) in [4.78, 5) is 27.6. The van der Waals surface area contributed by atoms with E-state index in [1.807, 2.05) is 0 Å². The largest absolute Gasteiger partial charge is 0.461 e. The van der Waals surface area contributed by atoms with Crippen LogP contribution in [0.25, 0.3) is 0 Å². The predicted octanol–water partition coefficient (Wildman–Crippen LogP) is 5.02. The monoisotopic (exact) mass is 726 g/mol. The van der Waals surface area contributed by atoms with Gasteiger partial charge in [0.25, 0.3) is 5.91 Å². The van der Waals surface area contributed by atoms with Crippen molar-refractivity contribution in [2.75, 3.05) is 51.0 Å². The van der Waals surface area contributed by atoms with Crippen LogP contribution in [-0.2, 0) is 37.0 Å². The molecule has 0 bridgehead atoms. The van der Waals surface area contributed by atoms with Gasteiger partial charge in [-0.2, -0.15) is 28.2 Å². The number of amides is 1. The van der Waals surface area contributed by atoms with Crippen molar-refractivity contribution in [2.24, 2.45) is 0 Å². The highest BCUT2D eigenvalue weighted by Gasteiger charge is 2.47. The molecule has 0 spiro atoms. The Hall–Kier alpha value is -4.75. The van der Waals surface area contributed by atoms with Crippen LogP contribution in [-0.4, -0.2) is 81.3 Å². The second kappa shape index (κ2) is 13.3. The van der Waals surface area contributed by atoms with Gasteiger partial charge in [0.2, 0.25) is 0 Å². The molecule has 11 nitrogen and oxygen atoms in total. The van der Waals surface area contributed by atoms with Crippen molar-refractivity contribution in [3.05, 3.63) is 69.2 Å². The standard InChI is InChI=1S/C36H39F5N8O3/c1-5-8-21-13-23(42)29(37)27(28(21)36(39,40)41)26-14-24-22(18-51-26)32(44-34(43-24)52-19-35-9-6-11-48(35)16-20(2)15-35)47-10-7-12-49-25(17-47)30(38)31(45-49)33(50)46(3)4/h13,26H,2,6-7,9-12,14-19,42H2,1,3-4H3/t26-,35-/m1/s1. The summed E-state index contributed by atoms with van der Waals surface area (Å²) >= 11 is 0. The number of anilines is 2. The van der Waals surface area contributed by atoms with Gasteiger partial charge in [-0.15, -0.1) is 5.92 Å². The molecular weight excluding hydrogens is 687 g/mol. The van der Waals surface area contributed by atoms with Gasteiger partial charge in [-0.3, -0.25) is 14.4 Å². The van der Waals surface area contributed by atoms with Crippen LogP contribution in [0, 0.1) is 23.5 Å². The van der Waals surface area contributed by atoms with Gasteiger partial charge in [-0.25, -0.2) is 8.78 Å². The SMILES string of the molecule is C=C1CN2CCC[C@]2(COc2nc3c(c(N4CCCn5nc(C(=O)N(C)C)c(F)c5C4)n2)CO[C@@H](c2c(F)c(N)cc(C#CC)c2C(F)(F)F)C3)C1. The number of hydrogen-bond acceptors (Lipinski definition) is 9. The summed E-state index contributed by atoms with van der Waals surface area (Å²) in [5.41, 5.74) is 4.37. The van der Waals surface area contributed by atoms with E-state index in [2.05, 4.69) is 33.4 Å². The summed E-state index contributed by atoms with van der Waals surface area (Å²) in [6.07, 6.45) is -3.52. The molecule has 4 aliphatic rings. The fraction of sp³-hybridized carbons (Fsp3) is 0.500. The van der Waals surface area contributed by atoms with Gasteiger partial charge in [0, 0.05) is 56.8 Å². The normalized spacial score (nSPS) is 21.6. The van der Waals surface area contributed by atoms with E-state index in [1.165, 1.54) is 30.6 Å². The highest BCUT2D eigenvalue weighted by atomic mass is 19.4. The minimum absolute atomic E-state index is 0.0172. The lowest BCUT2D eigenvalue weighted by atomic mass is 9.91. The summed E-state index contributed by atoms with van der Waals surface area (Å²) in [7, 11) is 3.02. The topological polar surface area (TPSA) is 115 Å². The van der Waals surface area contributed by atoms with Gasteiger partial charge >= 0.3 is 12.2 Å². The number of nitrogens with two attached hydrogens (primary N) is 1. The highest BCUT2D eigenvalue weighted by molar-refractivity contribution is 5.92. The average Bonchev–Trinajstić information content (AvgIpc) is 3.66. The molecule has 0 aliphatic carbocycles. The van der Waals surface area contributed by atoms with Crippen LogP contribution < -0.4 is 15.4 Å². The Labute approximate surface area is 297 Å². The van der Waals surface area contributed by atoms with E-state index in [4.69, 9.17) is 20.2 Å². The lowest BCUT2D eigenvalue weighted by Crippen LogP contribution is -2.43. The quantitative estimate of drug-likeness (QED) is 0.162. The molecule has 2 saturated heterocycles. The summed E-state index contributed by atoms with van der Waals surface area (Å²) in [6.45, 7) is 7.90. The minimum Gasteiger partial charge on any atom is -0.461 e. The number of aryl methyl sites for hydroxylation is 1. The smallest absolute Gasteiger partial charge is 0.418 e. The molecule has 2 atom stereocenters. The number of fused-ring (bicyclic) bond motifs is 3. The number of hydrogen-bond donors (Lipinski definition) is 1. The molecule has 4 aliphatic heterocycles. The fourth-order valence-electron chi connectivity index (χ4n) is 7.94. The number of carbonyl (C=O) groups is 1. The van der Waals surface area contributed by atoms with E-state index < -0.39 is 52.2 Å². The maximum atomic E-state index is 15.8. The number of benzene rings is 1. The molecule has 2 fully saturated rings. The van der Waals surface area contributed by atoms with Crippen LogP contribution in [0.15, 0.2) is 18.2 Å². The number of aromatic nitrogens is 4. The van der Waals surface area contributed by atoms with E-state index in [0.717, 1.165) is 44.0 Å². The lowest BCUT2D eigenvalue weighted by molar-refractivity contribution is -0.140. The molecule has 16 heteroatoms. The third-order valence-corrected chi connectivity index (χ3v) is 10.3. The second-order valence-electron chi connectivity index (χ2n) is 14.0. The maximum absolute atomic E-state index is 15.8. The van der Waals surface area contributed by atoms with Crippen molar-refractivity contribution >= 4 is 17.4 Å². The summed E-state index contributed by atoms with van der Waals surface area (Å²) in [5.74, 6) is 2.64. The lowest BCUT2D eigenvalue weighted by Gasteiger charge is -2.33. The van der Waals surface area contributed by atoms with E-state index in [1.54, 1.807) is 4.90 Å². The first-order chi connectivity index (χ1) is 24.7. The van der Waals surface area contributed by atoms with Crippen molar-refractivity contribution in [1.29, 1.82) is 0 Å². The molecule has 0 saturated carbocycles. The Morgan fingerprint density at radius 1 is 1.17 bits per heavy atom. The number of nitrogens with zero attached hydrogens (tertiary/aromatic N) is 7. The molecule has 1 amide bonds. The third kappa shape index (κ3) is 6.23. The molecule has 3 aromatic rings. The first kappa shape index (κ1) is 35.6. The van der Waals surface area contributed by atoms with E-state index in [9.17, 15) is 18.0 Å². The van der Waals surface area contributed by atoms with Crippen LogP contribution in [0.1, 0.15) is 82.8 Å². The number of rotatable bonds is 6. The van der Waals surface area contributed by atoms with Crippen LogP contribution in [0.2, 0.25) is 0 Å². The summed E-state index contributed by atoms with van der Waals surface area (Å²) < 4.78 is 89.1. The van der Waals surface area contributed by atoms with Crippen LogP contribution in [0.5, 0.6) is 6.01 Å². The molecule has 52 heavy (non-hydrogen) atoms. The molecule has 2 N–H and O–H groups in total. The second-order valence-corrected chi connectivity index (χ2v) is 14.0. The van der Waals surface area contributed by atoms with Crippen molar-refractivity contribution in [2.45, 2.75) is 76.5 Å². The van der Waals surface area contributed by atoms with Gasteiger partial charge in [0.05, 0.1) is 47.4 Å². The number of ether oxygens (including phenoxy) is 2. The molecular formula is C36H39F5N8O3. The predicted molar refractivity (Wildman–Crippen MR) is 180 cm³/mol. The van der Waals surface area contributed by atoms with Crippen LogP contribution in [0.3, 0.4) is 0 Å². The van der Waals surface area contributed by atoms with Gasteiger partial charge < -0.3 is 25.0 Å². The number of carbonyl (C=O) groups excluding carboxylic acids is 1. The number of halogens is 5. The van der Waals surface area contributed by atoms with Gasteiger partial charge in [-0.05, 0) is 45.2 Å². The van der Waals surface area contributed by atoms with E-state index in [0.29, 0.717) is 36.6 Å². The van der Waals surface area contributed by atoms with Crippen LogP contribution in [0.4, 0.5) is 33.5 Å². The van der Waals surface area contributed by atoms with Crippen molar-refractivity contribution in [1.82, 2.24) is 29.5 Å². The molecule has 2 aromatic heterocycles. The van der Waals surface area contributed by atoms with E-state index in [-0.39, 0.29) is 49.1 Å². The Morgan fingerprint density at radius 2 is 1.96 bits per heavy atom. The molecule has 0 unspecified atom stereocenters. The number of nitrogen functional groups attached to an aromatic ring is 1. The van der Waals surface area contributed by atoms with Crippen molar-refractivity contribution in [3.8, 4) is 17.9 Å². The van der Waals surface area contributed by atoms with E-state index >= 15 is 8.78 Å². The zero-order valence-electron chi connectivity index (χ0n) is 29.2. The zero-order valence-corrected chi connectivity index (χ0v) is 29.2. The van der Waals surface area contributed by atoms with Crippen molar-refractivity contribution < 1.29 is 36.2 Å². The van der Waals surface area contributed by atoms with Gasteiger partial charge in [-0.1, -0.05) is 18.1 Å². The number of alkyl halides is 3. The highest BCUT2D eigenvalue weighted by Crippen LogP contribution is 2.45. The molecule has 1 aromatic carbocycles. The van der Waals surface area contributed by atoms with Crippen molar-refractivity contribution in [3.63, 3.8) is 0 Å². The van der Waals surface area contributed by atoms with Gasteiger partial charge in [0.1, 0.15) is 12.4 Å². The molecule has 7 rings (SSSR count). The van der Waals surface area contributed by atoms with Gasteiger partial charge in [0.15, 0.2) is 17.3 Å². The zero-order chi connectivity index (χ0) is 37.1. The maximum Gasteiger partial charge on any atom is 0.418 e. The third-order valence-electron chi connectivity index (χ3n) is 10.3.